The first-order valence-electron chi connectivity index (χ1n) is 8.08. The molecule has 0 fully saturated rings. The third-order valence-electron chi connectivity index (χ3n) is 4.33. The number of benzene rings is 1. The van der Waals surface area contributed by atoms with Crippen LogP contribution in [-0.4, -0.2) is 18.1 Å². The molecule has 3 rings (SSSR count). The zero-order valence-electron chi connectivity index (χ0n) is 14.9. The third kappa shape index (κ3) is 2.87. The fourth-order valence-electron chi connectivity index (χ4n) is 2.79. The van der Waals surface area contributed by atoms with Gasteiger partial charge < -0.3 is 4.74 Å². The van der Waals surface area contributed by atoms with Crippen LogP contribution in [0.25, 0.3) is 11.3 Å². The van der Waals surface area contributed by atoms with Crippen molar-refractivity contribution in [1.82, 2.24) is 4.98 Å². The van der Waals surface area contributed by atoms with Crippen molar-refractivity contribution < 1.29 is 13.9 Å². The summed E-state index contributed by atoms with van der Waals surface area (Å²) < 4.78 is 19.8. The molecule has 0 saturated heterocycles. The van der Waals surface area contributed by atoms with Gasteiger partial charge in [-0.25, -0.2) is 9.18 Å². The number of aryl methyl sites for hydroxylation is 1. The summed E-state index contributed by atoms with van der Waals surface area (Å²) in [5.74, 6) is -1.61. The molecule has 26 heavy (non-hydrogen) atoms. The van der Waals surface area contributed by atoms with Gasteiger partial charge in [-0.15, -0.1) is 10.2 Å². The highest BCUT2D eigenvalue weighted by atomic mass is 19.1. The van der Waals surface area contributed by atoms with Crippen molar-refractivity contribution in [1.29, 1.82) is 0 Å². The van der Waals surface area contributed by atoms with E-state index in [4.69, 9.17) is 4.74 Å². The Morgan fingerprint density at radius 2 is 1.88 bits per heavy atom. The van der Waals surface area contributed by atoms with Gasteiger partial charge in [-0.05, 0) is 41.1 Å². The Hall–Kier alpha value is -3.03. The second-order valence-corrected chi connectivity index (χ2v) is 6.36. The SMILES string of the molecule is COC(=O)c1cc(C2(C(C)C)N=NN=N2)cc(-c2ccc(C)cn2)c1F. The predicted molar refractivity (Wildman–Crippen MR) is 91.9 cm³/mol. The number of halogens is 1. The van der Waals surface area contributed by atoms with Gasteiger partial charge in [0.1, 0.15) is 5.82 Å². The number of methoxy groups -OCH3 is 1. The first kappa shape index (κ1) is 17.8. The minimum atomic E-state index is -1.12. The number of esters is 1. The van der Waals surface area contributed by atoms with E-state index in [1.54, 1.807) is 18.3 Å². The minimum Gasteiger partial charge on any atom is -0.465 e. The van der Waals surface area contributed by atoms with Gasteiger partial charge in [0.2, 0.25) is 5.66 Å². The largest absolute Gasteiger partial charge is 0.465 e. The van der Waals surface area contributed by atoms with Crippen LogP contribution in [0.1, 0.15) is 35.3 Å². The molecule has 7 nitrogen and oxygen atoms in total. The quantitative estimate of drug-likeness (QED) is 0.749. The van der Waals surface area contributed by atoms with E-state index in [0.29, 0.717) is 11.3 Å². The topological polar surface area (TPSA) is 88.6 Å². The van der Waals surface area contributed by atoms with Crippen LogP contribution in [0.4, 0.5) is 4.39 Å². The molecule has 2 heterocycles. The van der Waals surface area contributed by atoms with Gasteiger partial charge in [0, 0.05) is 23.2 Å². The average molecular weight is 355 g/mol. The number of hydrogen-bond donors (Lipinski definition) is 0. The van der Waals surface area contributed by atoms with Gasteiger partial charge >= 0.3 is 5.97 Å². The van der Waals surface area contributed by atoms with Crippen LogP contribution in [0, 0.1) is 18.7 Å². The Labute approximate surface area is 150 Å². The molecule has 134 valence electrons. The summed E-state index contributed by atoms with van der Waals surface area (Å²) >= 11 is 0. The number of hydrogen-bond acceptors (Lipinski definition) is 7. The molecular weight excluding hydrogens is 337 g/mol. The van der Waals surface area contributed by atoms with Gasteiger partial charge in [-0.1, -0.05) is 19.9 Å². The van der Waals surface area contributed by atoms with Gasteiger partial charge in [0.25, 0.3) is 0 Å². The summed E-state index contributed by atoms with van der Waals surface area (Å²) in [6.07, 6.45) is 1.63. The maximum atomic E-state index is 15.0. The van der Waals surface area contributed by atoms with Gasteiger partial charge in [-0.2, -0.15) is 0 Å². The summed E-state index contributed by atoms with van der Waals surface area (Å²) in [6.45, 7) is 5.68. The highest BCUT2D eigenvalue weighted by molar-refractivity contribution is 5.91. The lowest BCUT2D eigenvalue weighted by atomic mass is 9.86. The normalized spacial score (nSPS) is 14.8. The number of carbonyl (C=O) groups is 1. The minimum absolute atomic E-state index is 0.118. The number of rotatable bonds is 4. The maximum Gasteiger partial charge on any atom is 0.340 e. The van der Waals surface area contributed by atoms with Crippen molar-refractivity contribution in [3.63, 3.8) is 0 Å². The zero-order chi connectivity index (χ0) is 18.9. The second kappa shape index (κ2) is 6.70. The van der Waals surface area contributed by atoms with Crippen molar-refractivity contribution >= 4 is 5.97 Å². The second-order valence-electron chi connectivity index (χ2n) is 6.36. The van der Waals surface area contributed by atoms with E-state index < -0.39 is 17.4 Å². The van der Waals surface area contributed by atoms with Crippen molar-refractivity contribution in [3.8, 4) is 11.3 Å². The molecule has 1 aliphatic heterocycles. The van der Waals surface area contributed by atoms with Crippen LogP contribution in [-0.2, 0) is 10.4 Å². The fraction of sp³-hybridized carbons (Fsp3) is 0.333. The molecule has 0 unspecified atom stereocenters. The summed E-state index contributed by atoms with van der Waals surface area (Å²) in [4.78, 5) is 16.4. The molecule has 0 atom stereocenters. The van der Waals surface area contributed by atoms with Gasteiger partial charge in [-0.3, -0.25) is 4.98 Å². The van der Waals surface area contributed by atoms with Crippen LogP contribution >= 0.6 is 0 Å². The van der Waals surface area contributed by atoms with Crippen LogP contribution in [0.2, 0.25) is 0 Å². The van der Waals surface area contributed by atoms with Crippen LogP contribution < -0.4 is 0 Å². The first-order chi connectivity index (χ1) is 12.4. The molecule has 0 spiro atoms. The van der Waals surface area contributed by atoms with E-state index in [0.717, 1.165) is 5.56 Å². The van der Waals surface area contributed by atoms with Gasteiger partial charge in [0.15, 0.2) is 0 Å². The van der Waals surface area contributed by atoms with Crippen molar-refractivity contribution in [2.75, 3.05) is 7.11 Å². The van der Waals surface area contributed by atoms with Crippen molar-refractivity contribution in [2.24, 2.45) is 26.6 Å². The first-order valence-corrected chi connectivity index (χ1v) is 8.08. The number of nitrogens with zero attached hydrogens (tertiary/aromatic N) is 5. The van der Waals surface area contributed by atoms with E-state index >= 15 is 4.39 Å². The molecule has 1 aliphatic rings. The Bertz CT molecular complexity index is 895. The number of pyridine rings is 1. The lowest BCUT2D eigenvalue weighted by Gasteiger charge is -2.25. The van der Waals surface area contributed by atoms with Crippen molar-refractivity contribution in [3.05, 3.63) is 53.0 Å². The summed E-state index contributed by atoms with van der Waals surface area (Å²) in [5, 5.41) is 15.5. The Kier molecular flexibility index (Phi) is 4.58. The molecule has 0 N–H and O–H groups in total. The standard InChI is InChI=1S/C18H18FN5O2/c1-10(2)18(21-23-24-22-18)12-7-13(15-6-5-11(3)9-20-15)16(19)14(8-12)17(25)26-4/h5-10H,1-4H3. The molecule has 0 radical (unpaired) electrons. The van der Waals surface area contributed by atoms with Crippen LogP contribution in [0.15, 0.2) is 51.1 Å². The van der Waals surface area contributed by atoms with Crippen LogP contribution in [0.5, 0.6) is 0 Å². The molecule has 1 aromatic heterocycles. The fourth-order valence-corrected chi connectivity index (χ4v) is 2.79. The van der Waals surface area contributed by atoms with E-state index in [1.165, 1.54) is 13.2 Å². The highest BCUT2D eigenvalue weighted by Crippen LogP contribution is 2.41. The molecule has 8 heteroatoms. The van der Waals surface area contributed by atoms with E-state index in [2.05, 4.69) is 25.7 Å². The maximum absolute atomic E-state index is 15.0. The molecule has 0 bridgehead atoms. The number of ether oxygens (including phenoxy) is 1. The molecule has 0 aliphatic carbocycles. The smallest absolute Gasteiger partial charge is 0.340 e. The van der Waals surface area contributed by atoms with E-state index in [9.17, 15) is 4.79 Å². The summed E-state index contributed by atoms with van der Waals surface area (Å²) in [5.41, 5.74) is 0.675. The molecule has 2 aromatic rings. The summed E-state index contributed by atoms with van der Waals surface area (Å²) in [7, 11) is 1.20. The summed E-state index contributed by atoms with van der Waals surface area (Å²) in [6, 6.07) is 6.49. The van der Waals surface area contributed by atoms with Crippen molar-refractivity contribution in [2.45, 2.75) is 26.4 Å². The van der Waals surface area contributed by atoms with E-state index in [1.807, 2.05) is 26.8 Å². The highest BCUT2D eigenvalue weighted by Gasteiger charge is 2.40. The number of aromatic nitrogens is 1. The zero-order valence-corrected chi connectivity index (χ0v) is 14.9. The molecule has 1 aromatic carbocycles. The van der Waals surface area contributed by atoms with E-state index in [-0.39, 0.29) is 17.0 Å². The average Bonchev–Trinajstić information content (AvgIpc) is 3.13. The van der Waals surface area contributed by atoms with Crippen LogP contribution in [0.3, 0.4) is 0 Å². The monoisotopic (exact) mass is 355 g/mol. The molecular formula is C18H18FN5O2. The third-order valence-corrected chi connectivity index (χ3v) is 4.33. The Balaban J connectivity index is 2.28. The van der Waals surface area contributed by atoms with Gasteiger partial charge in [0.05, 0.1) is 18.4 Å². The Morgan fingerprint density at radius 3 is 2.42 bits per heavy atom. The lowest BCUT2D eigenvalue weighted by molar-refractivity contribution is 0.0595. The molecule has 0 amide bonds. The predicted octanol–water partition coefficient (Wildman–Crippen LogP) is 4.62. The number of carbonyl (C=O) groups excluding carboxylic acids is 1. The lowest BCUT2D eigenvalue weighted by Crippen LogP contribution is -2.26. The Morgan fingerprint density at radius 1 is 1.19 bits per heavy atom. The molecule has 0 saturated carbocycles.